The summed E-state index contributed by atoms with van der Waals surface area (Å²) in [5.41, 5.74) is -0.688. The Balaban J connectivity index is 2.99. The van der Waals surface area contributed by atoms with E-state index in [0.717, 1.165) is 6.07 Å². The summed E-state index contributed by atoms with van der Waals surface area (Å²) >= 11 is 0. The Morgan fingerprint density at radius 1 is 1.64 bits per heavy atom. The second-order valence-electron chi connectivity index (χ2n) is 1.76. The Morgan fingerprint density at radius 3 is 2.55 bits per heavy atom. The normalized spacial score (nSPS) is 9.45. The molecule has 6 heteroatoms. The number of H-pyrrole nitrogens is 1. The minimum Gasteiger partial charge on any atom is -0.543 e. The second-order valence-corrected chi connectivity index (χ2v) is 1.76. The number of aromatic nitrogens is 2. The third-order valence-corrected chi connectivity index (χ3v) is 1.02. The molecule has 0 bridgehead atoms. The smallest absolute Gasteiger partial charge is 0.356 e. The summed E-state index contributed by atoms with van der Waals surface area (Å²) in [4.78, 5) is 20.2. The van der Waals surface area contributed by atoms with Gasteiger partial charge in [-0.15, -0.1) is 0 Å². The molecule has 1 aromatic rings. The third kappa shape index (κ3) is 1.34. The lowest BCUT2D eigenvalue weighted by Crippen LogP contribution is -2.22. The molecule has 0 aliphatic rings. The van der Waals surface area contributed by atoms with Gasteiger partial charge >= 0.3 is 5.97 Å². The Morgan fingerprint density at radius 2 is 2.27 bits per heavy atom. The van der Waals surface area contributed by atoms with Crippen LogP contribution in [-0.2, 0) is 0 Å². The first-order chi connectivity index (χ1) is 5.11. The first-order valence-corrected chi connectivity index (χ1v) is 2.61. The van der Waals surface area contributed by atoms with Crippen molar-refractivity contribution in [1.82, 2.24) is 10.2 Å². The minimum absolute atomic E-state index is 0.343. The number of nitrogens with one attached hydrogen (secondary N) is 1. The van der Waals surface area contributed by atoms with Crippen LogP contribution in [0.25, 0.3) is 0 Å². The Hall–Kier alpha value is -1.85. The molecule has 1 rings (SSSR count). The topological polar surface area (TPSA) is 106 Å². The van der Waals surface area contributed by atoms with Gasteiger partial charge in [-0.05, 0) is 6.07 Å². The molecule has 2 N–H and O–H groups in total. The van der Waals surface area contributed by atoms with E-state index >= 15 is 0 Å². The number of carbonyl (C=O) groups excluding carboxylic acids is 1. The van der Waals surface area contributed by atoms with Gasteiger partial charge in [-0.3, -0.25) is 5.10 Å². The van der Waals surface area contributed by atoms with E-state index in [9.17, 15) is 14.7 Å². The molecule has 0 radical (unpaired) electrons. The predicted molar refractivity (Wildman–Crippen MR) is 29.9 cm³/mol. The number of rotatable bonds is 2. The Bertz CT molecular complexity index is 275. The van der Waals surface area contributed by atoms with Crippen molar-refractivity contribution in [3.8, 4) is 0 Å². The molecular weight excluding hydrogens is 152 g/mol. The van der Waals surface area contributed by atoms with Crippen molar-refractivity contribution in [2.75, 3.05) is 0 Å². The number of aromatic carboxylic acids is 2. The number of hydrogen-bond donors (Lipinski definition) is 2. The highest BCUT2D eigenvalue weighted by molar-refractivity contribution is 5.90. The van der Waals surface area contributed by atoms with Crippen molar-refractivity contribution in [3.63, 3.8) is 0 Å². The van der Waals surface area contributed by atoms with Crippen LogP contribution in [0.3, 0.4) is 0 Å². The van der Waals surface area contributed by atoms with E-state index < -0.39 is 11.9 Å². The number of carbonyl (C=O) groups is 2. The average Bonchev–Trinajstić information content (AvgIpc) is 2.33. The van der Waals surface area contributed by atoms with Gasteiger partial charge in [0.1, 0.15) is 0 Å². The molecular formula is C5H3N2O4-. The fourth-order valence-corrected chi connectivity index (χ4v) is 0.536. The van der Waals surface area contributed by atoms with Crippen LogP contribution in [0.2, 0.25) is 0 Å². The standard InChI is InChI=1S/C5H4N2O4/c8-4(9)2-1-3(5(10)11)7-6-2/h1H,(H,6,7)(H,8,9)(H,10,11)/p-1. The van der Waals surface area contributed by atoms with Gasteiger partial charge < -0.3 is 15.0 Å². The van der Waals surface area contributed by atoms with E-state index in [1.807, 2.05) is 5.10 Å². The molecule has 6 nitrogen and oxygen atoms in total. The van der Waals surface area contributed by atoms with E-state index in [0.29, 0.717) is 0 Å². The molecule has 0 amide bonds. The van der Waals surface area contributed by atoms with Crippen molar-refractivity contribution < 1.29 is 19.8 Å². The largest absolute Gasteiger partial charge is 0.543 e. The fraction of sp³-hybridized carbons (Fsp3) is 0. The van der Waals surface area contributed by atoms with Gasteiger partial charge in [0.05, 0.1) is 11.7 Å². The molecule has 1 heterocycles. The molecule has 58 valence electrons. The Kier molecular flexibility index (Phi) is 1.59. The maximum atomic E-state index is 10.1. The van der Waals surface area contributed by atoms with Crippen molar-refractivity contribution in [2.45, 2.75) is 0 Å². The van der Waals surface area contributed by atoms with E-state index in [2.05, 4.69) is 5.10 Å². The number of hydrogen-bond acceptors (Lipinski definition) is 4. The number of nitrogens with zero attached hydrogens (tertiary/aromatic N) is 1. The zero-order valence-corrected chi connectivity index (χ0v) is 5.20. The van der Waals surface area contributed by atoms with Crippen molar-refractivity contribution in [3.05, 3.63) is 17.5 Å². The monoisotopic (exact) mass is 155 g/mol. The summed E-state index contributed by atoms with van der Waals surface area (Å²) in [6, 6.07) is 0.887. The van der Waals surface area contributed by atoms with Gasteiger partial charge in [0.25, 0.3) is 0 Å². The van der Waals surface area contributed by atoms with Gasteiger partial charge in [0.15, 0.2) is 5.69 Å². The molecule has 0 aliphatic heterocycles. The van der Waals surface area contributed by atoms with E-state index in [4.69, 9.17) is 5.11 Å². The highest BCUT2D eigenvalue weighted by atomic mass is 16.4. The molecule has 11 heavy (non-hydrogen) atoms. The predicted octanol–water partition coefficient (Wildman–Crippen LogP) is -1.53. The molecule has 0 unspecified atom stereocenters. The van der Waals surface area contributed by atoms with Crippen LogP contribution in [0.15, 0.2) is 6.07 Å². The molecule has 0 saturated carbocycles. The first kappa shape index (κ1) is 7.26. The Labute approximate surface area is 60.5 Å². The van der Waals surface area contributed by atoms with Crippen LogP contribution in [0, 0.1) is 0 Å². The molecule has 0 fully saturated rings. The summed E-state index contributed by atoms with van der Waals surface area (Å²) in [5.74, 6) is -2.77. The zero-order valence-electron chi connectivity index (χ0n) is 5.20. The second kappa shape index (κ2) is 2.41. The lowest BCUT2D eigenvalue weighted by Gasteiger charge is -1.91. The third-order valence-electron chi connectivity index (χ3n) is 1.02. The van der Waals surface area contributed by atoms with Crippen molar-refractivity contribution in [2.24, 2.45) is 0 Å². The quantitative estimate of drug-likeness (QED) is 0.538. The van der Waals surface area contributed by atoms with Crippen LogP contribution in [-0.4, -0.2) is 27.2 Å². The maximum Gasteiger partial charge on any atom is 0.356 e. The van der Waals surface area contributed by atoms with Crippen molar-refractivity contribution in [1.29, 1.82) is 0 Å². The van der Waals surface area contributed by atoms with Gasteiger partial charge in [0.2, 0.25) is 0 Å². The van der Waals surface area contributed by atoms with Crippen LogP contribution >= 0.6 is 0 Å². The first-order valence-electron chi connectivity index (χ1n) is 2.61. The van der Waals surface area contributed by atoms with Crippen LogP contribution in [0.5, 0.6) is 0 Å². The van der Waals surface area contributed by atoms with E-state index in [-0.39, 0.29) is 11.4 Å². The maximum absolute atomic E-state index is 10.1. The summed E-state index contributed by atoms with van der Waals surface area (Å²) in [6.45, 7) is 0. The highest BCUT2D eigenvalue weighted by Crippen LogP contribution is 1.97. The summed E-state index contributed by atoms with van der Waals surface area (Å²) in [7, 11) is 0. The summed E-state index contributed by atoms with van der Waals surface area (Å²) in [6.07, 6.45) is 0. The fourth-order valence-electron chi connectivity index (χ4n) is 0.536. The van der Waals surface area contributed by atoms with Crippen LogP contribution < -0.4 is 5.11 Å². The summed E-state index contributed by atoms with van der Waals surface area (Å²) < 4.78 is 0. The van der Waals surface area contributed by atoms with Gasteiger partial charge in [-0.2, -0.15) is 5.10 Å². The van der Waals surface area contributed by atoms with Crippen LogP contribution in [0.4, 0.5) is 0 Å². The number of carboxylic acid groups (broad SMARTS) is 2. The molecule has 0 aromatic carbocycles. The molecule has 1 aromatic heterocycles. The molecule has 0 atom stereocenters. The molecule has 0 aliphatic carbocycles. The van der Waals surface area contributed by atoms with Gasteiger partial charge in [0, 0.05) is 0 Å². The van der Waals surface area contributed by atoms with Crippen LogP contribution in [0.1, 0.15) is 21.0 Å². The lowest BCUT2D eigenvalue weighted by atomic mass is 10.3. The number of aromatic amines is 1. The van der Waals surface area contributed by atoms with Gasteiger partial charge in [-0.1, -0.05) is 0 Å². The van der Waals surface area contributed by atoms with Crippen molar-refractivity contribution >= 4 is 11.9 Å². The lowest BCUT2D eigenvalue weighted by molar-refractivity contribution is -0.255. The molecule has 0 spiro atoms. The van der Waals surface area contributed by atoms with E-state index in [1.165, 1.54) is 0 Å². The minimum atomic E-state index is -1.48. The number of carboxylic acids is 2. The zero-order chi connectivity index (χ0) is 8.43. The highest BCUT2D eigenvalue weighted by Gasteiger charge is 2.07. The van der Waals surface area contributed by atoms with Gasteiger partial charge in [-0.25, -0.2) is 4.79 Å². The summed E-state index contributed by atoms with van der Waals surface area (Å²) in [5, 5.41) is 23.5. The SMILES string of the molecule is O=C(O)c1cc(C(=O)[O-])[nH]n1. The average molecular weight is 155 g/mol. The molecule has 0 saturated heterocycles. The van der Waals surface area contributed by atoms with E-state index in [1.54, 1.807) is 0 Å².